The van der Waals surface area contributed by atoms with Crippen molar-refractivity contribution in [3.63, 3.8) is 0 Å². The van der Waals surface area contributed by atoms with E-state index in [0.717, 1.165) is 24.6 Å². The molecule has 0 spiro atoms. The van der Waals surface area contributed by atoms with Gasteiger partial charge in [0.25, 0.3) is 0 Å². The quantitative estimate of drug-likeness (QED) is 0.796. The molecule has 1 aromatic rings. The van der Waals surface area contributed by atoms with Gasteiger partial charge < -0.3 is 4.90 Å². The Morgan fingerprint density at radius 1 is 1.47 bits per heavy atom. The number of rotatable bonds is 4. The minimum Gasteiger partial charge on any atom is -0.302 e. The van der Waals surface area contributed by atoms with E-state index in [2.05, 4.69) is 23.0 Å². The van der Waals surface area contributed by atoms with Crippen LogP contribution in [0.5, 0.6) is 0 Å². The van der Waals surface area contributed by atoms with Crippen LogP contribution >= 0.6 is 0 Å². The average Bonchev–Trinajstić information content (AvgIpc) is 2.82. The zero-order valence-corrected chi connectivity index (χ0v) is 10.4. The first-order chi connectivity index (χ1) is 8.29. The third kappa shape index (κ3) is 3.28. The standard InChI is InChI=1S/C14H19N3/c1-17(10-12-5-2-3-6-12)11-13-7-4-8-16-14(13)9-15/h4,7-8,12H,2-3,5-6,10-11H2,1H3. The van der Waals surface area contributed by atoms with Gasteiger partial charge in [-0.05, 0) is 31.9 Å². The molecule has 1 aromatic heterocycles. The molecule has 3 heteroatoms. The summed E-state index contributed by atoms with van der Waals surface area (Å²) >= 11 is 0. The summed E-state index contributed by atoms with van der Waals surface area (Å²) in [6, 6.07) is 6.06. The van der Waals surface area contributed by atoms with E-state index >= 15 is 0 Å². The van der Waals surface area contributed by atoms with Crippen molar-refractivity contribution in [2.24, 2.45) is 5.92 Å². The molecule has 0 atom stereocenters. The van der Waals surface area contributed by atoms with Gasteiger partial charge in [-0.3, -0.25) is 0 Å². The third-order valence-electron chi connectivity index (χ3n) is 3.48. The van der Waals surface area contributed by atoms with Gasteiger partial charge in [0, 0.05) is 24.8 Å². The highest BCUT2D eigenvalue weighted by Crippen LogP contribution is 2.25. The van der Waals surface area contributed by atoms with Gasteiger partial charge in [-0.1, -0.05) is 18.9 Å². The van der Waals surface area contributed by atoms with Gasteiger partial charge in [0.2, 0.25) is 0 Å². The summed E-state index contributed by atoms with van der Waals surface area (Å²) < 4.78 is 0. The SMILES string of the molecule is CN(Cc1cccnc1C#N)CC1CCCC1. The predicted octanol–water partition coefficient (Wildman–Crippen LogP) is 2.58. The minimum absolute atomic E-state index is 0.561. The fraction of sp³-hybridized carbons (Fsp3) is 0.571. The van der Waals surface area contributed by atoms with Crippen molar-refractivity contribution in [3.8, 4) is 6.07 Å². The van der Waals surface area contributed by atoms with Crippen LogP contribution in [0.2, 0.25) is 0 Å². The van der Waals surface area contributed by atoms with E-state index in [0.29, 0.717) is 5.69 Å². The van der Waals surface area contributed by atoms with E-state index in [9.17, 15) is 0 Å². The first kappa shape index (κ1) is 12.1. The molecule has 2 rings (SSSR count). The van der Waals surface area contributed by atoms with Crippen molar-refractivity contribution in [1.82, 2.24) is 9.88 Å². The first-order valence-corrected chi connectivity index (χ1v) is 6.32. The van der Waals surface area contributed by atoms with Crippen molar-refractivity contribution < 1.29 is 0 Å². The summed E-state index contributed by atoms with van der Waals surface area (Å²) in [5.41, 5.74) is 1.60. The highest BCUT2D eigenvalue weighted by molar-refractivity contribution is 5.30. The molecule has 1 aliphatic carbocycles. The lowest BCUT2D eigenvalue weighted by Gasteiger charge is -2.20. The molecule has 1 heterocycles. The second-order valence-electron chi connectivity index (χ2n) is 4.97. The normalized spacial score (nSPS) is 16.3. The van der Waals surface area contributed by atoms with Crippen LogP contribution < -0.4 is 0 Å². The summed E-state index contributed by atoms with van der Waals surface area (Å²) in [6.07, 6.45) is 7.17. The number of nitrogens with zero attached hydrogens (tertiary/aromatic N) is 3. The van der Waals surface area contributed by atoms with Gasteiger partial charge in [-0.2, -0.15) is 5.26 Å². The number of hydrogen-bond donors (Lipinski definition) is 0. The van der Waals surface area contributed by atoms with Crippen LogP contribution in [0.4, 0.5) is 0 Å². The van der Waals surface area contributed by atoms with Crippen LogP contribution in [-0.2, 0) is 6.54 Å². The monoisotopic (exact) mass is 229 g/mol. The predicted molar refractivity (Wildman–Crippen MR) is 67.2 cm³/mol. The van der Waals surface area contributed by atoms with Gasteiger partial charge in [-0.15, -0.1) is 0 Å². The maximum absolute atomic E-state index is 8.98. The van der Waals surface area contributed by atoms with Crippen LogP contribution in [0.3, 0.4) is 0 Å². The maximum atomic E-state index is 8.98. The van der Waals surface area contributed by atoms with Gasteiger partial charge in [-0.25, -0.2) is 4.98 Å². The Morgan fingerprint density at radius 3 is 2.94 bits per heavy atom. The molecular weight excluding hydrogens is 210 g/mol. The van der Waals surface area contributed by atoms with Crippen molar-refractivity contribution in [2.45, 2.75) is 32.2 Å². The summed E-state index contributed by atoms with van der Waals surface area (Å²) in [4.78, 5) is 6.41. The Hall–Kier alpha value is -1.40. The largest absolute Gasteiger partial charge is 0.302 e. The second-order valence-corrected chi connectivity index (χ2v) is 4.97. The molecule has 0 aliphatic heterocycles. The van der Waals surface area contributed by atoms with Crippen LogP contribution in [0.15, 0.2) is 18.3 Å². The molecule has 0 radical (unpaired) electrons. The van der Waals surface area contributed by atoms with Crippen molar-refractivity contribution in [2.75, 3.05) is 13.6 Å². The summed E-state index contributed by atoms with van der Waals surface area (Å²) in [5.74, 6) is 0.849. The minimum atomic E-state index is 0.561. The highest BCUT2D eigenvalue weighted by Gasteiger charge is 2.17. The molecule has 0 amide bonds. The van der Waals surface area contributed by atoms with E-state index < -0.39 is 0 Å². The lowest BCUT2D eigenvalue weighted by Crippen LogP contribution is -2.24. The molecule has 1 fully saturated rings. The first-order valence-electron chi connectivity index (χ1n) is 6.32. The zero-order chi connectivity index (χ0) is 12.1. The number of hydrogen-bond acceptors (Lipinski definition) is 3. The number of aromatic nitrogens is 1. The molecule has 90 valence electrons. The lowest BCUT2D eigenvalue weighted by atomic mass is 10.1. The highest BCUT2D eigenvalue weighted by atomic mass is 15.1. The van der Waals surface area contributed by atoms with Crippen LogP contribution in [0.25, 0.3) is 0 Å². The van der Waals surface area contributed by atoms with Crippen LogP contribution in [0.1, 0.15) is 36.9 Å². The van der Waals surface area contributed by atoms with Gasteiger partial charge in [0.1, 0.15) is 11.8 Å². The summed E-state index contributed by atoms with van der Waals surface area (Å²) in [7, 11) is 2.13. The van der Waals surface area contributed by atoms with E-state index in [1.165, 1.54) is 25.7 Å². The van der Waals surface area contributed by atoms with E-state index in [4.69, 9.17) is 5.26 Å². The van der Waals surface area contributed by atoms with Crippen LogP contribution in [0, 0.1) is 17.2 Å². The fourth-order valence-corrected chi connectivity index (χ4v) is 2.66. The van der Waals surface area contributed by atoms with Crippen molar-refractivity contribution >= 4 is 0 Å². The molecule has 0 aromatic carbocycles. The molecule has 0 N–H and O–H groups in total. The Morgan fingerprint density at radius 2 is 2.24 bits per heavy atom. The Balaban J connectivity index is 1.93. The Kier molecular flexibility index (Phi) is 4.11. The smallest absolute Gasteiger partial charge is 0.144 e. The van der Waals surface area contributed by atoms with Gasteiger partial charge in [0.05, 0.1) is 0 Å². The molecule has 3 nitrogen and oxygen atoms in total. The molecule has 1 saturated carbocycles. The lowest BCUT2D eigenvalue weighted by molar-refractivity contribution is 0.271. The fourth-order valence-electron chi connectivity index (χ4n) is 2.66. The molecule has 0 saturated heterocycles. The molecule has 0 bridgehead atoms. The third-order valence-corrected chi connectivity index (χ3v) is 3.48. The van der Waals surface area contributed by atoms with Gasteiger partial charge in [0.15, 0.2) is 0 Å². The molecule has 17 heavy (non-hydrogen) atoms. The van der Waals surface area contributed by atoms with Crippen molar-refractivity contribution in [1.29, 1.82) is 5.26 Å². The molecule has 1 aliphatic rings. The van der Waals surface area contributed by atoms with Gasteiger partial charge >= 0.3 is 0 Å². The zero-order valence-electron chi connectivity index (χ0n) is 10.4. The average molecular weight is 229 g/mol. The van der Waals surface area contributed by atoms with E-state index in [1.54, 1.807) is 6.20 Å². The second kappa shape index (κ2) is 5.79. The topological polar surface area (TPSA) is 39.9 Å². The maximum Gasteiger partial charge on any atom is 0.144 e. The van der Waals surface area contributed by atoms with Crippen molar-refractivity contribution in [3.05, 3.63) is 29.6 Å². The summed E-state index contributed by atoms with van der Waals surface area (Å²) in [5, 5.41) is 8.98. The Labute approximate surface area is 103 Å². The summed E-state index contributed by atoms with van der Waals surface area (Å²) in [6.45, 7) is 1.97. The number of nitriles is 1. The molecular formula is C14H19N3. The van der Waals surface area contributed by atoms with E-state index in [1.807, 2.05) is 12.1 Å². The molecule has 0 unspecified atom stereocenters. The van der Waals surface area contributed by atoms with Crippen LogP contribution in [-0.4, -0.2) is 23.5 Å². The van der Waals surface area contributed by atoms with E-state index in [-0.39, 0.29) is 0 Å². The Bertz CT molecular complexity index is 402. The number of pyridine rings is 1.